The fourth-order valence-electron chi connectivity index (χ4n) is 1.14. The van der Waals surface area contributed by atoms with Crippen LogP contribution in [-0.2, 0) is 14.6 Å². The average molecular weight is 177 g/mol. The first kappa shape index (κ1) is 8.67. The Balaban J connectivity index is 2.74. The monoisotopic (exact) mass is 177 g/mol. The largest absolute Gasteiger partial charge is 0.330 e. The third-order valence-electron chi connectivity index (χ3n) is 1.85. The minimum Gasteiger partial charge on any atom is -0.330 e. The van der Waals surface area contributed by atoms with Crippen LogP contribution in [0.2, 0.25) is 0 Å². The number of hydrogen-bond donors (Lipinski definition) is 1. The van der Waals surface area contributed by atoms with Gasteiger partial charge in [-0.3, -0.25) is 4.79 Å². The van der Waals surface area contributed by atoms with Crippen LogP contribution < -0.4 is 5.73 Å². The van der Waals surface area contributed by atoms with E-state index in [0.29, 0.717) is 0 Å². The van der Waals surface area contributed by atoms with Crippen molar-refractivity contribution in [1.29, 1.82) is 0 Å². The van der Waals surface area contributed by atoms with Gasteiger partial charge in [0.15, 0.2) is 9.84 Å². The summed E-state index contributed by atoms with van der Waals surface area (Å²) in [6.07, 6.45) is 0.143. The van der Waals surface area contributed by atoms with Crippen molar-refractivity contribution in [2.24, 2.45) is 11.7 Å². The van der Waals surface area contributed by atoms with E-state index in [1.807, 2.05) is 0 Å². The normalized spacial score (nSPS) is 30.3. The van der Waals surface area contributed by atoms with Crippen molar-refractivity contribution in [3.05, 3.63) is 0 Å². The summed E-state index contributed by atoms with van der Waals surface area (Å²) in [5.41, 5.74) is 5.23. The molecule has 1 atom stereocenters. The van der Waals surface area contributed by atoms with Crippen molar-refractivity contribution in [3.8, 4) is 0 Å². The van der Waals surface area contributed by atoms with Crippen molar-refractivity contribution >= 4 is 15.6 Å². The Morgan fingerprint density at radius 3 is 2.64 bits per heavy atom. The number of hydrogen-bond acceptors (Lipinski definition) is 4. The molecule has 0 aromatic carbocycles. The van der Waals surface area contributed by atoms with Gasteiger partial charge < -0.3 is 5.73 Å². The molecule has 5 heteroatoms. The fourth-order valence-corrected chi connectivity index (χ4v) is 2.76. The number of rotatable bonds is 1. The van der Waals surface area contributed by atoms with Crippen molar-refractivity contribution in [2.45, 2.75) is 6.42 Å². The maximum Gasteiger partial charge on any atom is 0.151 e. The summed E-state index contributed by atoms with van der Waals surface area (Å²) < 4.78 is 21.9. The minimum atomic E-state index is -2.98. The Hall–Kier alpha value is -0.420. The van der Waals surface area contributed by atoms with E-state index >= 15 is 0 Å². The fraction of sp³-hybridized carbons (Fsp3) is 0.833. The lowest BCUT2D eigenvalue weighted by Crippen LogP contribution is -2.37. The molecule has 64 valence electrons. The smallest absolute Gasteiger partial charge is 0.151 e. The molecular weight excluding hydrogens is 166 g/mol. The van der Waals surface area contributed by atoms with Crippen LogP contribution in [0.4, 0.5) is 0 Å². The van der Waals surface area contributed by atoms with Crippen molar-refractivity contribution in [3.63, 3.8) is 0 Å². The Morgan fingerprint density at radius 1 is 1.55 bits per heavy atom. The molecule has 1 saturated heterocycles. The number of Topliss-reactive ketones (excluding diaryl/α,β-unsaturated/α-hetero) is 1. The lowest BCUT2D eigenvalue weighted by molar-refractivity contribution is -0.121. The zero-order valence-corrected chi connectivity index (χ0v) is 6.93. The van der Waals surface area contributed by atoms with E-state index in [-0.39, 0.29) is 30.3 Å². The standard InChI is InChI=1S/C6H11NO3S/c7-3-5-4-11(9,10)2-1-6(5)8/h5H,1-4,7H2. The van der Waals surface area contributed by atoms with E-state index in [2.05, 4.69) is 0 Å². The van der Waals surface area contributed by atoms with Gasteiger partial charge in [0.2, 0.25) is 0 Å². The molecular formula is C6H11NO3S. The number of sulfone groups is 1. The molecule has 0 saturated carbocycles. The molecule has 0 amide bonds. The van der Waals surface area contributed by atoms with Gasteiger partial charge in [0, 0.05) is 18.9 Å². The highest BCUT2D eigenvalue weighted by Gasteiger charge is 2.30. The van der Waals surface area contributed by atoms with Gasteiger partial charge in [-0.1, -0.05) is 0 Å². The van der Waals surface area contributed by atoms with Crippen molar-refractivity contribution in [1.82, 2.24) is 0 Å². The van der Waals surface area contributed by atoms with Gasteiger partial charge in [0.25, 0.3) is 0 Å². The van der Waals surface area contributed by atoms with Crippen LogP contribution >= 0.6 is 0 Å². The Morgan fingerprint density at radius 2 is 2.18 bits per heavy atom. The van der Waals surface area contributed by atoms with E-state index < -0.39 is 15.8 Å². The van der Waals surface area contributed by atoms with Gasteiger partial charge >= 0.3 is 0 Å². The van der Waals surface area contributed by atoms with E-state index in [0.717, 1.165) is 0 Å². The highest BCUT2D eigenvalue weighted by Crippen LogP contribution is 2.13. The van der Waals surface area contributed by atoms with E-state index in [9.17, 15) is 13.2 Å². The van der Waals surface area contributed by atoms with Crippen LogP contribution in [-0.4, -0.2) is 32.3 Å². The third kappa shape index (κ3) is 2.00. The summed E-state index contributed by atoms with van der Waals surface area (Å²) in [4.78, 5) is 11.0. The van der Waals surface area contributed by atoms with Gasteiger partial charge in [-0.15, -0.1) is 0 Å². The van der Waals surface area contributed by atoms with Gasteiger partial charge in [-0.25, -0.2) is 8.42 Å². The number of carbonyl (C=O) groups is 1. The summed E-state index contributed by atoms with van der Waals surface area (Å²) in [5, 5.41) is 0. The zero-order chi connectivity index (χ0) is 8.48. The first-order valence-corrected chi connectivity index (χ1v) is 5.30. The molecule has 0 aromatic rings. The molecule has 0 spiro atoms. The van der Waals surface area contributed by atoms with Crippen LogP contribution in [0.15, 0.2) is 0 Å². The molecule has 2 N–H and O–H groups in total. The summed E-state index contributed by atoms with van der Waals surface area (Å²) in [7, 11) is -2.98. The molecule has 1 aliphatic rings. The highest BCUT2D eigenvalue weighted by atomic mass is 32.2. The van der Waals surface area contributed by atoms with E-state index in [1.165, 1.54) is 0 Å². The summed E-state index contributed by atoms with van der Waals surface area (Å²) in [6.45, 7) is 0.151. The Bertz CT molecular complexity index is 257. The molecule has 0 aliphatic carbocycles. The molecule has 4 nitrogen and oxygen atoms in total. The predicted molar refractivity (Wildman–Crippen MR) is 40.8 cm³/mol. The Kier molecular flexibility index (Phi) is 2.29. The summed E-state index contributed by atoms with van der Waals surface area (Å²) in [5.74, 6) is -0.513. The van der Waals surface area contributed by atoms with Crippen LogP contribution in [0.5, 0.6) is 0 Å². The van der Waals surface area contributed by atoms with Crippen LogP contribution in [0.3, 0.4) is 0 Å². The average Bonchev–Trinajstić information content (AvgIpc) is 1.94. The summed E-state index contributed by atoms with van der Waals surface area (Å²) in [6, 6.07) is 0. The lowest BCUT2D eigenvalue weighted by atomic mass is 10.0. The van der Waals surface area contributed by atoms with E-state index in [4.69, 9.17) is 5.73 Å². The zero-order valence-electron chi connectivity index (χ0n) is 6.12. The Labute approximate surface area is 65.7 Å². The minimum absolute atomic E-state index is 0.00231. The molecule has 0 aromatic heterocycles. The topological polar surface area (TPSA) is 77.2 Å². The maximum atomic E-state index is 11.0. The predicted octanol–water partition coefficient (Wildman–Crippen LogP) is -1.05. The first-order valence-electron chi connectivity index (χ1n) is 3.48. The first-order chi connectivity index (χ1) is 5.05. The van der Waals surface area contributed by atoms with Gasteiger partial charge in [0.05, 0.1) is 11.5 Å². The van der Waals surface area contributed by atoms with Gasteiger partial charge in [0.1, 0.15) is 5.78 Å². The van der Waals surface area contributed by atoms with Crippen LogP contribution in [0.1, 0.15) is 6.42 Å². The maximum absolute atomic E-state index is 11.0. The highest BCUT2D eigenvalue weighted by molar-refractivity contribution is 7.91. The molecule has 0 bridgehead atoms. The second kappa shape index (κ2) is 2.91. The third-order valence-corrected chi connectivity index (χ3v) is 3.59. The van der Waals surface area contributed by atoms with Crippen LogP contribution in [0, 0.1) is 5.92 Å². The quantitative estimate of drug-likeness (QED) is 0.554. The molecule has 1 fully saturated rings. The van der Waals surface area contributed by atoms with Crippen LogP contribution in [0.25, 0.3) is 0 Å². The summed E-state index contributed by atoms with van der Waals surface area (Å²) >= 11 is 0. The lowest BCUT2D eigenvalue weighted by Gasteiger charge is -2.18. The SMILES string of the molecule is NCC1CS(=O)(=O)CCC1=O. The molecule has 0 radical (unpaired) electrons. The second-order valence-corrected chi connectivity index (χ2v) is 4.99. The van der Waals surface area contributed by atoms with Gasteiger partial charge in [-0.2, -0.15) is 0 Å². The molecule has 11 heavy (non-hydrogen) atoms. The molecule has 1 unspecified atom stereocenters. The number of ketones is 1. The second-order valence-electron chi connectivity index (χ2n) is 2.76. The van der Waals surface area contributed by atoms with E-state index in [1.54, 1.807) is 0 Å². The van der Waals surface area contributed by atoms with Crippen molar-refractivity contribution in [2.75, 3.05) is 18.1 Å². The molecule has 1 rings (SSSR count). The number of nitrogens with two attached hydrogens (primary N) is 1. The number of carbonyl (C=O) groups excluding carboxylic acids is 1. The van der Waals surface area contributed by atoms with Gasteiger partial charge in [-0.05, 0) is 0 Å². The molecule has 1 aliphatic heterocycles. The van der Waals surface area contributed by atoms with Crippen molar-refractivity contribution < 1.29 is 13.2 Å². The molecule has 1 heterocycles.